The summed E-state index contributed by atoms with van der Waals surface area (Å²) < 4.78 is 39.9. The molecule has 0 spiro atoms. The van der Waals surface area contributed by atoms with Crippen LogP contribution in [0.15, 0.2) is 42.7 Å². The minimum Gasteiger partial charge on any atom is -0.352 e. The van der Waals surface area contributed by atoms with Gasteiger partial charge in [0.25, 0.3) is 0 Å². The number of nitrogens with one attached hydrogen (secondary N) is 3. The van der Waals surface area contributed by atoms with Crippen LogP contribution in [0.1, 0.15) is 5.56 Å². The first-order chi connectivity index (χ1) is 16.7. The lowest BCUT2D eigenvalue weighted by Gasteiger charge is -2.37. The van der Waals surface area contributed by atoms with Crippen LogP contribution in [0.25, 0.3) is 21.9 Å². The fourth-order valence-corrected chi connectivity index (χ4v) is 4.82. The van der Waals surface area contributed by atoms with E-state index in [2.05, 4.69) is 34.9 Å². The van der Waals surface area contributed by atoms with Crippen LogP contribution in [0.4, 0.5) is 30.4 Å². The molecule has 5 rings (SSSR count). The Labute approximate surface area is 213 Å². The van der Waals surface area contributed by atoms with Gasteiger partial charge in [-0.25, -0.2) is 9.97 Å². The second-order valence-electron chi connectivity index (χ2n) is 8.00. The van der Waals surface area contributed by atoms with Crippen molar-refractivity contribution in [3.63, 3.8) is 0 Å². The van der Waals surface area contributed by atoms with E-state index in [1.54, 1.807) is 0 Å². The molecule has 2 aromatic heterocycles. The van der Waals surface area contributed by atoms with Crippen LogP contribution in [0.3, 0.4) is 0 Å². The Balaban J connectivity index is 1.36. The molecule has 1 fully saturated rings. The molecule has 1 saturated heterocycles. The van der Waals surface area contributed by atoms with E-state index in [1.807, 2.05) is 24.3 Å². The predicted molar refractivity (Wildman–Crippen MR) is 137 cm³/mol. The molecule has 2 aromatic carbocycles. The molecule has 0 aliphatic carbocycles. The molecule has 0 radical (unpaired) electrons. The highest BCUT2D eigenvalue weighted by atomic mass is 35.5. The third kappa shape index (κ3) is 4.63. The topological polar surface area (TPSA) is 72.1 Å². The largest absolute Gasteiger partial charge is 0.417 e. The molecule has 0 amide bonds. The van der Waals surface area contributed by atoms with E-state index in [4.69, 9.17) is 35.6 Å². The van der Waals surface area contributed by atoms with Gasteiger partial charge in [-0.15, -0.1) is 0 Å². The Kier molecular flexibility index (Phi) is 6.24. The highest BCUT2D eigenvalue weighted by Crippen LogP contribution is 2.40. The highest BCUT2D eigenvalue weighted by molar-refractivity contribution is 7.80. The summed E-state index contributed by atoms with van der Waals surface area (Å²) in [7, 11) is 0. The van der Waals surface area contributed by atoms with Gasteiger partial charge < -0.3 is 20.1 Å². The SMILES string of the molecule is FC(F)(F)c1cc2[nH]c3ncnc(N4CCN(C(=S)Nc5ccc(NCl)cc5)CC4)c3c2cc1Cl. The number of halogens is 5. The number of hydrogen-bond acceptors (Lipinski definition) is 5. The minimum absolute atomic E-state index is 0.304. The molecule has 3 N–H and O–H groups in total. The standard InChI is InChI=1S/C22H18Cl2F3N7S/c23-16-9-14-17(10-15(16)22(25,26)27)31-19-18(14)20(29-11-28-19)33-5-7-34(8-6-33)21(35)30-12-1-3-13(32-24)4-2-12/h1-4,9-11,32H,5-8H2,(H,30,35)(H,28,29,31). The van der Waals surface area contributed by atoms with E-state index in [-0.39, 0.29) is 5.02 Å². The summed E-state index contributed by atoms with van der Waals surface area (Å²) in [6, 6.07) is 9.75. The van der Waals surface area contributed by atoms with E-state index in [1.165, 1.54) is 12.4 Å². The predicted octanol–water partition coefficient (Wildman–Crippen LogP) is 5.87. The zero-order valence-corrected chi connectivity index (χ0v) is 20.3. The highest BCUT2D eigenvalue weighted by Gasteiger charge is 2.34. The number of alkyl halides is 3. The van der Waals surface area contributed by atoms with Gasteiger partial charge >= 0.3 is 6.18 Å². The van der Waals surface area contributed by atoms with Gasteiger partial charge in [0.05, 0.1) is 16.0 Å². The Morgan fingerprint density at radius 1 is 1.03 bits per heavy atom. The van der Waals surface area contributed by atoms with Crippen molar-refractivity contribution in [2.75, 3.05) is 41.2 Å². The molecule has 0 saturated carbocycles. The second-order valence-corrected chi connectivity index (χ2v) is 8.98. The number of benzene rings is 2. The zero-order valence-electron chi connectivity index (χ0n) is 18.0. The van der Waals surface area contributed by atoms with Crippen LogP contribution < -0.4 is 15.1 Å². The fourth-order valence-electron chi connectivity index (χ4n) is 4.13. The Hall–Kier alpha value is -3.02. The van der Waals surface area contributed by atoms with Gasteiger partial charge in [0.1, 0.15) is 17.8 Å². The summed E-state index contributed by atoms with van der Waals surface area (Å²) in [6.07, 6.45) is -3.15. The molecule has 3 heterocycles. The van der Waals surface area contributed by atoms with Crippen molar-refractivity contribution < 1.29 is 13.2 Å². The number of piperazine rings is 1. The maximum atomic E-state index is 13.3. The van der Waals surface area contributed by atoms with Crippen molar-refractivity contribution in [2.45, 2.75) is 6.18 Å². The smallest absolute Gasteiger partial charge is 0.352 e. The maximum Gasteiger partial charge on any atom is 0.417 e. The lowest BCUT2D eigenvalue weighted by Crippen LogP contribution is -2.50. The Morgan fingerprint density at radius 3 is 2.37 bits per heavy atom. The van der Waals surface area contributed by atoms with Gasteiger partial charge in [-0.1, -0.05) is 11.6 Å². The molecule has 35 heavy (non-hydrogen) atoms. The van der Waals surface area contributed by atoms with Crippen LogP contribution >= 0.6 is 35.6 Å². The van der Waals surface area contributed by atoms with E-state index in [0.29, 0.717) is 59.0 Å². The maximum absolute atomic E-state index is 13.3. The molecule has 182 valence electrons. The fraction of sp³-hybridized carbons (Fsp3) is 0.227. The van der Waals surface area contributed by atoms with Gasteiger partial charge in [-0.3, -0.25) is 4.84 Å². The number of anilines is 3. The third-order valence-electron chi connectivity index (χ3n) is 5.87. The summed E-state index contributed by atoms with van der Waals surface area (Å²) in [4.78, 5) is 18.3. The monoisotopic (exact) mass is 539 g/mol. The van der Waals surface area contributed by atoms with E-state index >= 15 is 0 Å². The first kappa shape index (κ1) is 23.7. The normalized spacial score (nSPS) is 14.5. The molecule has 1 aliphatic heterocycles. The molecule has 0 bridgehead atoms. The average molecular weight is 540 g/mol. The van der Waals surface area contributed by atoms with Crippen molar-refractivity contribution in [1.29, 1.82) is 0 Å². The molecule has 0 atom stereocenters. The number of nitrogens with zero attached hydrogens (tertiary/aromatic N) is 4. The Bertz CT molecular complexity index is 1400. The quantitative estimate of drug-likeness (QED) is 0.222. The lowest BCUT2D eigenvalue weighted by atomic mass is 10.1. The van der Waals surface area contributed by atoms with Crippen LogP contribution in [0.2, 0.25) is 5.02 Å². The average Bonchev–Trinajstić information content (AvgIpc) is 3.21. The number of aromatic amines is 1. The van der Waals surface area contributed by atoms with Crippen LogP contribution in [-0.4, -0.2) is 51.1 Å². The molecule has 0 unspecified atom stereocenters. The lowest BCUT2D eigenvalue weighted by molar-refractivity contribution is -0.137. The zero-order chi connectivity index (χ0) is 24.7. The van der Waals surface area contributed by atoms with Crippen LogP contribution in [-0.2, 0) is 6.18 Å². The molecular formula is C22H18Cl2F3N7S. The van der Waals surface area contributed by atoms with Gasteiger partial charge in [0.2, 0.25) is 0 Å². The molecular weight excluding hydrogens is 522 g/mol. The number of aromatic nitrogens is 3. The van der Waals surface area contributed by atoms with E-state index in [9.17, 15) is 13.2 Å². The minimum atomic E-state index is -4.55. The van der Waals surface area contributed by atoms with Crippen molar-refractivity contribution in [3.05, 3.63) is 53.3 Å². The van der Waals surface area contributed by atoms with E-state index < -0.39 is 11.7 Å². The van der Waals surface area contributed by atoms with E-state index in [0.717, 1.165) is 17.4 Å². The second kappa shape index (κ2) is 9.21. The molecule has 1 aliphatic rings. The van der Waals surface area contributed by atoms with Crippen molar-refractivity contribution >= 4 is 79.8 Å². The van der Waals surface area contributed by atoms with Gasteiger partial charge in [0, 0.05) is 60.2 Å². The molecule has 13 heteroatoms. The molecule has 4 aromatic rings. The number of thiocarbonyl (C=S) groups is 1. The van der Waals surface area contributed by atoms with Crippen LogP contribution in [0, 0.1) is 0 Å². The van der Waals surface area contributed by atoms with Gasteiger partial charge in [-0.05, 0) is 48.6 Å². The summed E-state index contributed by atoms with van der Waals surface area (Å²) in [5, 5.41) is 4.64. The summed E-state index contributed by atoms with van der Waals surface area (Å²) >= 11 is 17.2. The first-order valence-electron chi connectivity index (χ1n) is 10.6. The number of fused-ring (bicyclic) bond motifs is 3. The third-order valence-corrected chi connectivity index (χ3v) is 6.77. The first-order valence-corrected chi connectivity index (χ1v) is 11.7. The van der Waals surface area contributed by atoms with Crippen molar-refractivity contribution in [2.24, 2.45) is 0 Å². The summed E-state index contributed by atoms with van der Waals surface area (Å²) in [5.74, 6) is 0.639. The Morgan fingerprint density at radius 2 is 1.71 bits per heavy atom. The summed E-state index contributed by atoms with van der Waals surface area (Å²) in [5.41, 5.74) is 1.49. The van der Waals surface area contributed by atoms with Crippen molar-refractivity contribution in [1.82, 2.24) is 19.9 Å². The summed E-state index contributed by atoms with van der Waals surface area (Å²) in [6.45, 7) is 2.51. The molecule has 7 nitrogen and oxygen atoms in total. The van der Waals surface area contributed by atoms with Gasteiger partial charge in [-0.2, -0.15) is 13.2 Å². The van der Waals surface area contributed by atoms with Crippen molar-refractivity contribution in [3.8, 4) is 0 Å². The number of rotatable bonds is 3. The number of hydrogen-bond donors (Lipinski definition) is 3. The van der Waals surface area contributed by atoms with Gasteiger partial charge in [0.15, 0.2) is 5.11 Å². The van der Waals surface area contributed by atoms with Crippen LogP contribution in [0.5, 0.6) is 0 Å². The number of H-pyrrole nitrogens is 1.